The van der Waals surface area contributed by atoms with E-state index >= 15 is 0 Å². The van der Waals surface area contributed by atoms with Gasteiger partial charge in [0.15, 0.2) is 0 Å². The van der Waals surface area contributed by atoms with Gasteiger partial charge in [-0.15, -0.1) is 0 Å². The maximum Gasteiger partial charge on any atom is 0.144 e. The summed E-state index contributed by atoms with van der Waals surface area (Å²) in [6, 6.07) is -0.733. The lowest BCUT2D eigenvalue weighted by atomic mass is 9.96. The van der Waals surface area contributed by atoms with Gasteiger partial charge in [-0.2, -0.15) is 0 Å². The maximum absolute atomic E-state index is 12.0. The van der Waals surface area contributed by atoms with Crippen LogP contribution in [0, 0.1) is 5.21 Å². The van der Waals surface area contributed by atoms with Crippen molar-refractivity contribution in [1.29, 1.82) is 0 Å². The molecule has 0 aromatic carbocycles. The number of piperidine rings is 1. The predicted octanol–water partition coefficient (Wildman–Crippen LogP) is -1.44. The monoisotopic (exact) mass is 189 g/mol. The molecule has 5 atom stereocenters. The Morgan fingerprint density at radius 2 is 1.85 bits per heavy atom. The molecule has 13 heavy (non-hydrogen) atoms. The Labute approximate surface area is 76.4 Å². The molecule has 2 rings (SSSR count). The van der Waals surface area contributed by atoms with Crippen molar-refractivity contribution < 1.29 is 20.0 Å². The van der Waals surface area contributed by atoms with E-state index in [1.54, 1.807) is 0 Å². The number of hydrogen-bond donors (Lipinski definition) is 3. The lowest BCUT2D eigenvalue weighted by Gasteiger charge is -2.49. The van der Waals surface area contributed by atoms with Crippen molar-refractivity contribution >= 4 is 0 Å². The van der Waals surface area contributed by atoms with Crippen LogP contribution in [0.3, 0.4) is 0 Å². The predicted molar refractivity (Wildman–Crippen MR) is 44.4 cm³/mol. The SMILES string of the molecule is [O-][N@@+]12CCC[C@@H](O)[C@@H]1[C@H](O)[C@H](O)C2. The van der Waals surface area contributed by atoms with E-state index in [4.69, 9.17) is 0 Å². The van der Waals surface area contributed by atoms with Crippen LogP contribution in [0.4, 0.5) is 0 Å². The summed E-state index contributed by atoms with van der Waals surface area (Å²) in [5.74, 6) is 0. The van der Waals surface area contributed by atoms with Crippen LogP contribution in [0.1, 0.15) is 12.8 Å². The molecule has 0 aromatic heterocycles. The topological polar surface area (TPSA) is 83.8 Å². The summed E-state index contributed by atoms with van der Waals surface area (Å²) in [6.07, 6.45) is -1.58. The number of aliphatic hydroxyl groups is 3. The van der Waals surface area contributed by atoms with Crippen LogP contribution in [0.5, 0.6) is 0 Å². The lowest BCUT2D eigenvalue weighted by molar-refractivity contribution is -0.904. The average molecular weight is 189 g/mol. The molecule has 0 radical (unpaired) electrons. The molecule has 76 valence electrons. The summed E-state index contributed by atoms with van der Waals surface area (Å²) in [7, 11) is 0. The molecule has 0 aromatic rings. The van der Waals surface area contributed by atoms with Gasteiger partial charge in [0, 0.05) is 0 Å². The molecule has 0 bridgehead atoms. The van der Waals surface area contributed by atoms with Gasteiger partial charge >= 0.3 is 0 Å². The Kier molecular flexibility index (Phi) is 2.08. The molecule has 0 aliphatic carbocycles. The zero-order valence-electron chi connectivity index (χ0n) is 7.33. The van der Waals surface area contributed by atoms with Crippen LogP contribution >= 0.6 is 0 Å². The first-order valence-corrected chi connectivity index (χ1v) is 4.66. The number of hydrogen-bond acceptors (Lipinski definition) is 4. The van der Waals surface area contributed by atoms with Crippen LogP contribution in [-0.4, -0.2) is 57.4 Å². The van der Waals surface area contributed by atoms with E-state index in [-0.39, 0.29) is 6.54 Å². The number of fused-ring (bicyclic) bond motifs is 1. The number of nitrogens with zero attached hydrogens (tertiary/aromatic N) is 1. The molecule has 0 amide bonds. The standard InChI is InChI=1S/C8H15NO4/c10-5-2-1-3-9(13)4-6(11)8(12)7(5)9/h5-8,10-12H,1-4H2/t5-,6-,7-,8-,9-/m1/s1. The first-order valence-electron chi connectivity index (χ1n) is 4.66. The van der Waals surface area contributed by atoms with Gasteiger partial charge in [-0.05, 0) is 12.8 Å². The Bertz CT molecular complexity index is 212. The minimum Gasteiger partial charge on any atom is -0.632 e. The summed E-state index contributed by atoms with van der Waals surface area (Å²) in [5, 5.41) is 40.4. The molecule has 3 N–H and O–H groups in total. The van der Waals surface area contributed by atoms with Gasteiger partial charge in [0.05, 0.1) is 6.54 Å². The summed E-state index contributed by atoms with van der Waals surface area (Å²) in [5.41, 5.74) is 0. The molecule has 2 heterocycles. The third kappa shape index (κ3) is 1.28. The first kappa shape index (κ1) is 9.36. The van der Waals surface area contributed by atoms with Gasteiger partial charge in [0.25, 0.3) is 0 Å². The van der Waals surface area contributed by atoms with Crippen LogP contribution in [0.25, 0.3) is 0 Å². The highest BCUT2D eigenvalue weighted by atomic mass is 16.6. The third-order valence-corrected chi connectivity index (χ3v) is 3.21. The van der Waals surface area contributed by atoms with Gasteiger partial charge in [-0.25, -0.2) is 0 Å². The van der Waals surface area contributed by atoms with Crippen LogP contribution < -0.4 is 0 Å². The number of rotatable bonds is 0. The summed E-state index contributed by atoms with van der Waals surface area (Å²) in [4.78, 5) is 0. The highest BCUT2D eigenvalue weighted by Crippen LogP contribution is 2.34. The van der Waals surface area contributed by atoms with Gasteiger partial charge in [-0.3, -0.25) is 0 Å². The molecule has 2 aliphatic rings. The fourth-order valence-corrected chi connectivity index (χ4v) is 2.57. The van der Waals surface area contributed by atoms with Crippen molar-refractivity contribution in [2.75, 3.05) is 13.1 Å². The molecule has 0 unspecified atom stereocenters. The van der Waals surface area contributed by atoms with E-state index in [1.807, 2.05) is 0 Å². The van der Waals surface area contributed by atoms with E-state index in [0.29, 0.717) is 19.4 Å². The van der Waals surface area contributed by atoms with E-state index in [1.165, 1.54) is 0 Å². The Balaban J connectivity index is 2.24. The van der Waals surface area contributed by atoms with E-state index in [9.17, 15) is 20.5 Å². The van der Waals surface area contributed by atoms with Crippen molar-refractivity contribution in [3.05, 3.63) is 5.21 Å². The summed E-state index contributed by atoms with van der Waals surface area (Å²) < 4.78 is -0.622. The second-order valence-corrected chi connectivity index (χ2v) is 4.12. The maximum atomic E-state index is 12.0. The minimum atomic E-state index is -1.06. The molecule has 0 spiro atoms. The second-order valence-electron chi connectivity index (χ2n) is 4.12. The number of quaternary nitrogens is 1. The Morgan fingerprint density at radius 1 is 1.15 bits per heavy atom. The van der Waals surface area contributed by atoms with E-state index in [0.717, 1.165) is 0 Å². The van der Waals surface area contributed by atoms with Crippen molar-refractivity contribution in [2.24, 2.45) is 0 Å². The smallest absolute Gasteiger partial charge is 0.144 e. The molecule has 2 aliphatic heterocycles. The zero-order valence-corrected chi connectivity index (χ0v) is 7.33. The normalized spacial score (nSPS) is 56.3. The van der Waals surface area contributed by atoms with Crippen molar-refractivity contribution in [3.8, 4) is 0 Å². The molecule has 2 saturated heterocycles. The molecular weight excluding hydrogens is 174 g/mol. The van der Waals surface area contributed by atoms with E-state index < -0.39 is 29.0 Å². The van der Waals surface area contributed by atoms with Crippen molar-refractivity contribution in [1.82, 2.24) is 0 Å². The van der Waals surface area contributed by atoms with Gasteiger partial charge in [0.1, 0.15) is 30.9 Å². The zero-order chi connectivity index (χ0) is 9.64. The third-order valence-electron chi connectivity index (χ3n) is 3.21. The van der Waals surface area contributed by atoms with Gasteiger partial charge in [0.2, 0.25) is 0 Å². The van der Waals surface area contributed by atoms with Crippen molar-refractivity contribution in [2.45, 2.75) is 37.2 Å². The van der Waals surface area contributed by atoms with E-state index in [2.05, 4.69) is 0 Å². The fraction of sp³-hybridized carbons (Fsp3) is 1.00. The van der Waals surface area contributed by atoms with Crippen LogP contribution in [0.2, 0.25) is 0 Å². The Morgan fingerprint density at radius 3 is 2.46 bits per heavy atom. The highest BCUT2D eigenvalue weighted by molar-refractivity contribution is 4.92. The van der Waals surface area contributed by atoms with Crippen LogP contribution in [0.15, 0.2) is 0 Å². The molecule has 0 saturated carbocycles. The summed E-state index contributed by atoms with van der Waals surface area (Å²) >= 11 is 0. The Hall–Kier alpha value is -0.200. The molecule has 2 fully saturated rings. The fourth-order valence-electron chi connectivity index (χ4n) is 2.57. The van der Waals surface area contributed by atoms with Gasteiger partial charge < -0.3 is 25.2 Å². The quantitative estimate of drug-likeness (QED) is 0.322. The highest BCUT2D eigenvalue weighted by Gasteiger charge is 2.53. The molecule has 5 heteroatoms. The molecule has 5 nitrogen and oxygen atoms in total. The number of aliphatic hydroxyl groups excluding tert-OH is 3. The van der Waals surface area contributed by atoms with Crippen LogP contribution in [-0.2, 0) is 0 Å². The molecular formula is C8H15NO4. The average Bonchev–Trinajstić information content (AvgIpc) is 2.24. The number of hydroxylamine groups is 3. The second kappa shape index (κ2) is 2.90. The minimum absolute atomic E-state index is 0.0168. The van der Waals surface area contributed by atoms with Crippen molar-refractivity contribution in [3.63, 3.8) is 0 Å². The largest absolute Gasteiger partial charge is 0.632 e. The van der Waals surface area contributed by atoms with Gasteiger partial charge in [-0.1, -0.05) is 0 Å². The first-order chi connectivity index (χ1) is 6.04. The lowest BCUT2D eigenvalue weighted by Crippen LogP contribution is -2.58. The summed E-state index contributed by atoms with van der Waals surface area (Å²) in [6.45, 7) is 0.415.